The van der Waals surface area contributed by atoms with Gasteiger partial charge in [-0.1, -0.05) is 0 Å². The Morgan fingerprint density at radius 3 is 2.83 bits per heavy atom. The van der Waals surface area contributed by atoms with Crippen LogP contribution in [0.2, 0.25) is 0 Å². The fourth-order valence-corrected chi connectivity index (χ4v) is 2.08. The predicted octanol–water partition coefficient (Wildman–Crippen LogP) is 1.19. The summed E-state index contributed by atoms with van der Waals surface area (Å²) in [4.78, 5) is 0. The Balaban J connectivity index is 2.00. The number of hydrogen-bond acceptors (Lipinski definition) is 4. The smallest absolute Gasteiger partial charge is 0.146 e. The molecule has 98 valence electrons. The first-order valence-electron chi connectivity index (χ1n) is 6.22. The second-order valence-electron chi connectivity index (χ2n) is 4.48. The third kappa shape index (κ3) is 2.59. The predicted molar refractivity (Wildman–Crippen MR) is 68.9 cm³/mol. The van der Waals surface area contributed by atoms with Crippen LogP contribution in [0.15, 0.2) is 12.5 Å². The molecule has 0 aromatic carbocycles. The van der Waals surface area contributed by atoms with Gasteiger partial charge < -0.3 is 9.88 Å². The van der Waals surface area contributed by atoms with Gasteiger partial charge >= 0.3 is 0 Å². The molecule has 0 bridgehead atoms. The summed E-state index contributed by atoms with van der Waals surface area (Å²) >= 11 is 0. The van der Waals surface area contributed by atoms with Gasteiger partial charge in [0.25, 0.3) is 0 Å². The molecule has 0 aliphatic carbocycles. The quantitative estimate of drug-likeness (QED) is 0.863. The highest BCUT2D eigenvalue weighted by Gasteiger charge is 2.12. The maximum atomic E-state index is 4.35. The molecular weight excluding hydrogens is 228 g/mol. The fraction of sp³-hybridized carbons (Fsp3) is 0.583. The Kier molecular flexibility index (Phi) is 3.76. The number of hydrogen-bond donors (Lipinski definition) is 1. The molecule has 0 radical (unpaired) electrons. The Morgan fingerprint density at radius 2 is 2.22 bits per heavy atom. The Bertz CT molecular complexity index is 512. The van der Waals surface area contributed by atoms with Crippen LogP contribution in [-0.2, 0) is 20.1 Å². The highest BCUT2D eigenvalue weighted by Crippen LogP contribution is 2.15. The van der Waals surface area contributed by atoms with Gasteiger partial charge in [0.1, 0.15) is 12.2 Å². The van der Waals surface area contributed by atoms with Gasteiger partial charge in [0.15, 0.2) is 0 Å². The van der Waals surface area contributed by atoms with Crippen LogP contribution in [0.5, 0.6) is 0 Å². The maximum Gasteiger partial charge on any atom is 0.146 e. The van der Waals surface area contributed by atoms with Crippen LogP contribution in [0, 0.1) is 6.92 Å². The molecule has 2 heterocycles. The van der Waals surface area contributed by atoms with Gasteiger partial charge in [0.05, 0.1) is 12.2 Å². The minimum atomic E-state index is 0.251. The molecule has 6 heteroatoms. The van der Waals surface area contributed by atoms with E-state index in [0.717, 1.165) is 18.1 Å². The van der Waals surface area contributed by atoms with Crippen LogP contribution in [0.3, 0.4) is 0 Å². The van der Waals surface area contributed by atoms with E-state index in [1.54, 1.807) is 6.33 Å². The third-order valence-corrected chi connectivity index (χ3v) is 3.12. The summed E-state index contributed by atoms with van der Waals surface area (Å²) in [5, 5.41) is 15.8. The van der Waals surface area contributed by atoms with Crippen LogP contribution in [0.1, 0.15) is 37.0 Å². The third-order valence-electron chi connectivity index (χ3n) is 3.12. The average molecular weight is 248 g/mol. The number of nitrogens with one attached hydrogen (secondary N) is 1. The van der Waals surface area contributed by atoms with E-state index in [-0.39, 0.29) is 6.04 Å². The molecule has 2 aromatic rings. The Hall–Kier alpha value is -1.69. The van der Waals surface area contributed by atoms with Crippen molar-refractivity contribution in [3.8, 4) is 0 Å². The zero-order chi connectivity index (χ0) is 13.1. The minimum absolute atomic E-state index is 0.251. The van der Waals surface area contributed by atoms with Crippen molar-refractivity contribution in [1.29, 1.82) is 0 Å². The van der Waals surface area contributed by atoms with Gasteiger partial charge in [0.2, 0.25) is 0 Å². The fourth-order valence-electron chi connectivity index (χ4n) is 2.08. The summed E-state index contributed by atoms with van der Waals surface area (Å²) in [5.41, 5.74) is 2.29. The van der Waals surface area contributed by atoms with Crippen molar-refractivity contribution >= 4 is 0 Å². The van der Waals surface area contributed by atoms with Crippen molar-refractivity contribution in [2.45, 2.75) is 39.9 Å². The topological polar surface area (TPSA) is 60.6 Å². The molecule has 0 amide bonds. The SMILES string of the molecule is CCn1cnnc1CNC(C)c1cn(C)nc1C. The summed E-state index contributed by atoms with van der Waals surface area (Å²) in [6, 6.07) is 0.251. The van der Waals surface area contributed by atoms with Gasteiger partial charge in [0, 0.05) is 31.4 Å². The number of aryl methyl sites for hydroxylation is 3. The molecule has 0 saturated carbocycles. The first-order chi connectivity index (χ1) is 8.61. The first kappa shape index (κ1) is 12.8. The zero-order valence-electron chi connectivity index (χ0n) is 11.4. The lowest BCUT2D eigenvalue weighted by molar-refractivity contribution is 0.537. The molecule has 0 saturated heterocycles. The monoisotopic (exact) mass is 248 g/mol. The largest absolute Gasteiger partial charge is 0.317 e. The molecule has 1 atom stereocenters. The van der Waals surface area contributed by atoms with Crippen molar-refractivity contribution in [3.05, 3.63) is 29.6 Å². The van der Waals surface area contributed by atoms with E-state index in [0.29, 0.717) is 6.54 Å². The molecule has 18 heavy (non-hydrogen) atoms. The van der Waals surface area contributed by atoms with Gasteiger partial charge in [-0.25, -0.2) is 0 Å². The first-order valence-corrected chi connectivity index (χ1v) is 6.22. The molecule has 0 aliphatic heterocycles. The van der Waals surface area contributed by atoms with E-state index in [2.05, 4.69) is 40.7 Å². The lowest BCUT2D eigenvalue weighted by Crippen LogP contribution is -2.20. The molecule has 0 spiro atoms. The van der Waals surface area contributed by atoms with Crippen LogP contribution >= 0.6 is 0 Å². The second kappa shape index (κ2) is 5.30. The summed E-state index contributed by atoms with van der Waals surface area (Å²) in [5.74, 6) is 0.964. The molecule has 2 rings (SSSR count). The lowest BCUT2D eigenvalue weighted by Gasteiger charge is -2.12. The van der Waals surface area contributed by atoms with Gasteiger partial charge in [-0.2, -0.15) is 5.10 Å². The number of aromatic nitrogens is 5. The molecule has 2 aromatic heterocycles. The van der Waals surface area contributed by atoms with Gasteiger partial charge in [-0.15, -0.1) is 10.2 Å². The highest BCUT2D eigenvalue weighted by atomic mass is 15.3. The van der Waals surface area contributed by atoms with E-state index < -0.39 is 0 Å². The molecular formula is C12H20N6. The minimum Gasteiger partial charge on any atom is -0.317 e. The molecule has 1 unspecified atom stereocenters. The van der Waals surface area contributed by atoms with Crippen LogP contribution in [0.4, 0.5) is 0 Å². The van der Waals surface area contributed by atoms with E-state index in [1.165, 1.54) is 5.56 Å². The number of nitrogens with zero attached hydrogens (tertiary/aromatic N) is 5. The summed E-state index contributed by atoms with van der Waals surface area (Å²) in [6.07, 6.45) is 3.81. The van der Waals surface area contributed by atoms with E-state index >= 15 is 0 Å². The van der Waals surface area contributed by atoms with Crippen molar-refractivity contribution in [2.75, 3.05) is 0 Å². The van der Waals surface area contributed by atoms with Crippen molar-refractivity contribution in [3.63, 3.8) is 0 Å². The second-order valence-corrected chi connectivity index (χ2v) is 4.48. The van der Waals surface area contributed by atoms with Gasteiger partial charge in [-0.05, 0) is 20.8 Å². The lowest BCUT2D eigenvalue weighted by atomic mass is 10.1. The van der Waals surface area contributed by atoms with Gasteiger partial charge in [-0.3, -0.25) is 4.68 Å². The molecule has 0 aliphatic rings. The van der Waals surface area contributed by atoms with Crippen LogP contribution < -0.4 is 5.32 Å². The summed E-state index contributed by atoms with van der Waals surface area (Å²) in [6.45, 7) is 7.86. The van der Waals surface area contributed by atoms with Crippen LogP contribution in [0.25, 0.3) is 0 Å². The maximum absolute atomic E-state index is 4.35. The van der Waals surface area contributed by atoms with E-state index in [4.69, 9.17) is 0 Å². The Morgan fingerprint density at radius 1 is 1.44 bits per heavy atom. The Labute approximate surface area is 107 Å². The average Bonchev–Trinajstić information content (AvgIpc) is 2.92. The normalized spacial score (nSPS) is 12.9. The molecule has 6 nitrogen and oxygen atoms in total. The summed E-state index contributed by atoms with van der Waals surface area (Å²) in [7, 11) is 1.94. The van der Waals surface area contributed by atoms with Crippen molar-refractivity contribution < 1.29 is 0 Å². The molecule has 0 fully saturated rings. The van der Waals surface area contributed by atoms with Crippen LogP contribution in [-0.4, -0.2) is 24.5 Å². The van der Waals surface area contributed by atoms with Crippen molar-refractivity contribution in [1.82, 2.24) is 29.9 Å². The number of rotatable bonds is 5. The van der Waals surface area contributed by atoms with Crippen molar-refractivity contribution in [2.24, 2.45) is 7.05 Å². The molecule has 1 N–H and O–H groups in total. The summed E-state index contributed by atoms with van der Waals surface area (Å²) < 4.78 is 3.88. The van der Waals surface area contributed by atoms with E-state index in [9.17, 15) is 0 Å². The van der Waals surface area contributed by atoms with E-state index in [1.807, 2.05) is 23.2 Å². The zero-order valence-corrected chi connectivity index (χ0v) is 11.4. The standard InChI is InChI=1S/C12H20N6/c1-5-18-8-14-15-12(18)6-13-9(2)11-7-17(4)16-10(11)3/h7-9,13H,5-6H2,1-4H3. The highest BCUT2D eigenvalue weighted by molar-refractivity contribution is 5.19.